The molecule has 148 valence electrons. The number of alkyl halides is 1. The largest absolute Gasteiger partial charge is 0.326 e. The summed E-state index contributed by atoms with van der Waals surface area (Å²) in [6.07, 6.45) is 2.42. The number of fused-ring (bicyclic) bond motifs is 1. The molecule has 1 aromatic heterocycles. The second-order valence-electron chi connectivity index (χ2n) is 6.98. The third-order valence-corrected chi connectivity index (χ3v) is 5.63. The highest BCUT2D eigenvalue weighted by molar-refractivity contribution is 7.91. The number of halogens is 2. The number of rotatable bonds is 5. The van der Waals surface area contributed by atoms with E-state index in [4.69, 9.17) is 11.6 Å². The van der Waals surface area contributed by atoms with Gasteiger partial charge in [-0.05, 0) is 37.6 Å². The average Bonchev–Trinajstić information content (AvgIpc) is 2.99. The molecule has 0 saturated heterocycles. The number of sulfone groups is 1. The molecule has 1 heterocycles. The first-order valence-corrected chi connectivity index (χ1v) is 10.7. The van der Waals surface area contributed by atoms with Crippen LogP contribution in [0.5, 0.6) is 0 Å². The lowest BCUT2D eigenvalue weighted by Crippen LogP contribution is -2.20. The number of carbonyl (C=O) groups is 1. The first-order valence-electron chi connectivity index (χ1n) is 8.41. The predicted molar refractivity (Wildman–Crippen MR) is 107 cm³/mol. The molecule has 0 aliphatic heterocycles. The van der Waals surface area contributed by atoms with Crippen molar-refractivity contribution in [3.05, 3.63) is 53.2 Å². The highest BCUT2D eigenvalue weighted by Crippen LogP contribution is 2.29. The molecule has 1 amide bonds. The minimum absolute atomic E-state index is 0.0257. The van der Waals surface area contributed by atoms with E-state index in [0.29, 0.717) is 10.6 Å². The van der Waals surface area contributed by atoms with Crippen LogP contribution in [0.25, 0.3) is 10.9 Å². The van der Waals surface area contributed by atoms with E-state index in [9.17, 15) is 17.6 Å². The maximum Gasteiger partial charge on any atom is 0.228 e. The molecule has 0 atom stereocenters. The Bertz CT molecular complexity index is 1170. The lowest BCUT2D eigenvalue weighted by Gasteiger charge is -2.13. The van der Waals surface area contributed by atoms with E-state index >= 15 is 0 Å². The summed E-state index contributed by atoms with van der Waals surface area (Å²) in [5.74, 6) is -2.17. The Kier molecular flexibility index (Phi) is 5.20. The van der Waals surface area contributed by atoms with Crippen LogP contribution in [0, 0.1) is 0 Å². The van der Waals surface area contributed by atoms with E-state index in [2.05, 4.69) is 10.4 Å². The van der Waals surface area contributed by atoms with E-state index in [-0.39, 0.29) is 33.8 Å². The van der Waals surface area contributed by atoms with Crippen LogP contribution < -0.4 is 5.32 Å². The lowest BCUT2D eigenvalue weighted by molar-refractivity contribution is -0.115. The highest BCUT2D eigenvalue weighted by Gasteiger charge is 2.23. The number of hydrogen-bond donors (Lipinski definition) is 1. The van der Waals surface area contributed by atoms with Gasteiger partial charge in [0.1, 0.15) is 0 Å². The Morgan fingerprint density at radius 1 is 1.29 bits per heavy atom. The second-order valence-corrected chi connectivity index (χ2v) is 9.37. The van der Waals surface area contributed by atoms with Crippen LogP contribution in [0.4, 0.5) is 10.1 Å². The molecule has 3 aromatic rings. The summed E-state index contributed by atoms with van der Waals surface area (Å²) in [6, 6.07) is 9.81. The zero-order chi connectivity index (χ0) is 20.7. The Labute approximate surface area is 167 Å². The molecular formula is C19H19ClFN3O3S. The number of hydrogen-bond acceptors (Lipinski definition) is 4. The van der Waals surface area contributed by atoms with Crippen LogP contribution in [0.15, 0.2) is 47.5 Å². The van der Waals surface area contributed by atoms with Crippen LogP contribution >= 0.6 is 11.6 Å². The van der Waals surface area contributed by atoms with Gasteiger partial charge in [-0.2, -0.15) is 5.10 Å². The SMILES string of the molecule is CC(C)(F)n1cc2c(S(C)(=O)=O)cc(NC(=O)Cc3ccccc3Cl)cc2n1. The Morgan fingerprint density at radius 3 is 2.57 bits per heavy atom. The quantitative estimate of drug-likeness (QED) is 0.674. The third kappa shape index (κ3) is 4.34. The first-order chi connectivity index (χ1) is 12.9. The minimum atomic E-state index is -3.63. The minimum Gasteiger partial charge on any atom is -0.326 e. The Hall–Kier alpha value is -2.45. The zero-order valence-corrected chi connectivity index (χ0v) is 17.1. The van der Waals surface area contributed by atoms with Crippen LogP contribution in [-0.2, 0) is 26.8 Å². The Balaban J connectivity index is 1.99. The van der Waals surface area contributed by atoms with Crippen molar-refractivity contribution in [2.75, 3.05) is 11.6 Å². The molecule has 2 aromatic carbocycles. The fourth-order valence-electron chi connectivity index (χ4n) is 2.76. The van der Waals surface area contributed by atoms with Crippen LogP contribution in [0.2, 0.25) is 5.02 Å². The molecule has 0 bridgehead atoms. The number of anilines is 1. The predicted octanol–water partition coefficient (Wildman–Crippen LogP) is 3.94. The molecule has 0 spiro atoms. The standard InChI is InChI=1S/C19H19ClFN3O3S/c1-19(2,21)24-11-14-16(23-24)9-13(10-17(14)28(3,26)27)22-18(25)8-12-6-4-5-7-15(12)20/h4-7,9-11H,8H2,1-3H3,(H,22,25). The molecule has 0 saturated carbocycles. The van der Waals surface area contributed by atoms with Gasteiger partial charge in [-0.25, -0.2) is 17.5 Å². The smallest absolute Gasteiger partial charge is 0.228 e. The van der Waals surface area contributed by atoms with Gasteiger partial charge in [0.15, 0.2) is 15.6 Å². The van der Waals surface area contributed by atoms with Gasteiger partial charge < -0.3 is 5.32 Å². The van der Waals surface area contributed by atoms with Crippen molar-refractivity contribution in [2.45, 2.75) is 31.0 Å². The number of nitrogens with zero attached hydrogens (tertiary/aromatic N) is 2. The van der Waals surface area contributed by atoms with Crippen molar-refractivity contribution in [3.63, 3.8) is 0 Å². The summed E-state index contributed by atoms with van der Waals surface area (Å²) in [7, 11) is -3.63. The molecule has 0 fully saturated rings. The summed E-state index contributed by atoms with van der Waals surface area (Å²) in [4.78, 5) is 12.4. The van der Waals surface area contributed by atoms with Gasteiger partial charge in [0, 0.05) is 28.5 Å². The number of aromatic nitrogens is 2. The van der Waals surface area contributed by atoms with Crippen molar-refractivity contribution < 1.29 is 17.6 Å². The van der Waals surface area contributed by atoms with E-state index in [1.807, 2.05) is 0 Å². The molecule has 1 N–H and O–H groups in total. The monoisotopic (exact) mass is 423 g/mol. The molecule has 9 heteroatoms. The normalized spacial score (nSPS) is 12.3. The number of carbonyl (C=O) groups excluding carboxylic acids is 1. The summed E-state index contributed by atoms with van der Waals surface area (Å²) < 4.78 is 39.7. The van der Waals surface area contributed by atoms with Crippen molar-refractivity contribution in [1.29, 1.82) is 0 Å². The van der Waals surface area contributed by atoms with Gasteiger partial charge in [0.05, 0.1) is 16.8 Å². The second kappa shape index (κ2) is 7.18. The van der Waals surface area contributed by atoms with Gasteiger partial charge in [-0.1, -0.05) is 29.8 Å². The molecule has 28 heavy (non-hydrogen) atoms. The van der Waals surface area contributed by atoms with Crippen LogP contribution in [0.1, 0.15) is 19.4 Å². The van der Waals surface area contributed by atoms with E-state index in [1.165, 1.54) is 32.2 Å². The summed E-state index contributed by atoms with van der Waals surface area (Å²) in [5, 5.41) is 7.55. The van der Waals surface area contributed by atoms with Crippen LogP contribution in [0.3, 0.4) is 0 Å². The fraction of sp³-hybridized carbons (Fsp3) is 0.263. The topological polar surface area (TPSA) is 81.1 Å². The number of nitrogens with one attached hydrogen (secondary N) is 1. The fourth-order valence-corrected chi connectivity index (χ4v) is 3.86. The number of benzene rings is 2. The number of amides is 1. The zero-order valence-electron chi connectivity index (χ0n) is 15.5. The van der Waals surface area contributed by atoms with Gasteiger partial charge in [0.2, 0.25) is 5.91 Å². The summed E-state index contributed by atoms with van der Waals surface area (Å²) in [5.41, 5.74) is 1.17. The van der Waals surface area contributed by atoms with Crippen molar-refractivity contribution in [3.8, 4) is 0 Å². The van der Waals surface area contributed by atoms with Gasteiger partial charge >= 0.3 is 0 Å². The Morgan fingerprint density at radius 2 is 1.96 bits per heavy atom. The van der Waals surface area contributed by atoms with E-state index in [1.54, 1.807) is 24.3 Å². The van der Waals surface area contributed by atoms with E-state index in [0.717, 1.165) is 10.9 Å². The van der Waals surface area contributed by atoms with Gasteiger partial charge in [-0.15, -0.1) is 0 Å². The molecule has 6 nitrogen and oxygen atoms in total. The molecule has 0 aliphatic carbocycles. The van der Waals surface area contributed by atoms with Crippen molar-refractivity contribution in [1.82, 2.24) is 9.78 Å². The maximum absolute atomic E-state index is 14.2. The molecule has 0 aliphatic rings. The highest BCUT2D eigenvalue weighted by atomic mass is 35.5. The van der Waals surface area contributed by atoms with Gasteiger partial charge in [-0.3, -0.25) is 4.79 Å². The maximum atomic E-state index is 14.2. The van der Waals surface area contributed by atoms with E-state index < -0.39 is 15.6 Å². The van der Waals surface area contributed by atoms with Crippen molar-refractivity contribution >= 4 is 43.9 Å². The van der Waals surface area contributed by atoms with Gasteiger partial charge in [0.25, 0.3) is 0 Å². The summed E-state index contributed by atoms with van der Waals surface area (Å²) in [6.45, 7) is 2.62. The summed E-state index contributed by atoms with van der Waals surface area (Å²) >= 11 is 6.07. The first kappa shape index (κ1) is 20.3. The molecule has 0 radical (unpaired) electrons. The van der Waals surface area contributed by atoms with Crippen molar-refractivity contribution in [2.24, 2.45) is 0 Å². The molecule has 3 rings (SSSR count). The average molecular weight is 424 g/mol. The molecular weight excluding hydrogens is 405 g/mol. The third-order valence-electron chi connectivity index (χ3n) is 4.12. The molecule has 0 unspecified atom stereocenters. The van der Waals surface area contributed by atoms with Crippen LogP contribution in [-0.4, -0.2) is 30.4 Å². The lowest BCUT2D eigenvalue weighted by atomic mass is 10.1.